The standard InChI is InChI=1S/C19H29NO2/c1-4-5-6-19(22)20-10-9-15-7-8-16(12-17(15)13-20)18(21)11-14(2)3/h7-8,12,14,18,21H,4-6,9-11,13H2,1-3H3. The van der Waals surface area contributed by atoms with Crippen molar-refractivity contribution in [3.05, 3.63) is 34.9 Å². The van der Waals surface area contributed by atoms with E-state index in [0.29, 0.717) is 18.9 Å². The molecule has 0 saturated carbocycles. The molecule has 1 unspecified atom stereocenters. The minimum Gasteiger partial charge on any atom is -0.388 e. The van der Waals surface area contributed by atoms with Gasteiger partial charge in [-0.3, -0.25) is 4.79 Å². The Morgan fingerprint density at radius 1 is 1.32 bits per heavy atom. The molecule has 0 fully saturated rings. The Morgan fingerprint density at radius 2 is 2.09 bits per heavy atom. The largest absolute Gasteiger partial charge is 0.388 e. The molecule has 0 bridgehead atoms. The molecule has 0 spiro atoms. The summed E-state index contributed by atoms with van der Waals surface area (Å²) in [6, 6.07) is 6.27. The molecule has 3 heteroatoms. The van der Waals surface area contributed by atoms with Crippen molar-refractivity contribution in [2.75, 3.05) is 6.54 Å². The molecular weight excluding hydrogens is 274 g/mol. The van der Waals surface area contributed by atoms with Crippen molar-refractivity contribution in [1.29, 1.82) is 0 Å². The third kappa shape index (κ3) is 4.33. The molecule has 0 saturated heterocycles. The molecule has 1 aliphatic rings. The Kier molecular flexibility index (Phi) is 6.01. The Bertz CT molecular complexity index is 510. The van der Waals surface area contributed by atoms with Crippen LogP contribution in [0.25, 0.3) is 0 Å². The molecule has 0 aromatic heterocycles. The zero-order valence-corrected chi connectivity index (χ0v) is 14.1. The fourth-order valence-corrected chi connectivity index (χ4v) is 3.07. The summed E-state index contributed by atoms with van der Waals surface area (Å²) in [5, 5.41) is 10.3. The van der Waals surface area contributed by atoms with Crippen LogP contribution in [-0.4, -0.2) is 22.5 Å². The van der Waals surface area contributed by atoms with E-state index in [2.05, 4.69) is 32.9 Å². The lowest BCUT2D eigenvalue weighted by Gasteiger charge is -2.30. The monoisotopic (exact) mass is 303 g/mol. The Hall–Kier alpha value is -1.35. The predicted molar refractivity (Wildman–Crippen MR) is 89.5 cm³/mol. The van der Waals surface area contributed by atoms with Gasteiger partial charge in [0, 0.05) is 19.5 Å². The lowest BCUT2D eigenvalue weighted by atomic mass is 9.93. The van der Waals surface area contributed by atoms with Gasteiger partial charge in [-0.1, -0.05) is 45.4 Å². The highest BCUT2D eigenvalue weighted by molar-refractivity contribution is 5.76. The first-order chi connectivity index (χ1) is 10.5. The van der Waals surface area contributed by atoms with Crippen LogP contribution in [0.2, 0.25) is 0 Å². The minimum absolute atomic E-state index is 0.264. The van der Waals surface area contributed by atoms with Crippen molar-refractivity contribution in [2.45, 2.75) is 65.5 Å². The molecule has 22 heavy (non-hydrogen) atoms. The first-order valence-corrected chi connectivity index (χ1v) is 8.58. The van der Waals surface area contributed by atoms with Gasteiger partial charge in [-0.25, -0.2) is 0 Å². The van der Waals surface area contributed by atoms with Crippen molar-refractivity contribution in [3.8, 4) is 0 Å². The van der Waals surface area contributed by atoms with Crippen molar-refractivity contribution in [2.24, 2.45) is 5.92 Å². The summed E-state index contributed by atoms with van der Waals surface area (Å²) in [6.45, 7) is 7.87. The first-order valence-electron chi connectivity index (χ1n) is 8.58. The smallest absolute Gasteiger partial charge is 0.222 e. The van der Waals surface area contributed by atoms with Gasteiger partial charge in [-0.05, 0) is 41.9 Å². The number of hydrogen-bond acceptors (Lipinski definition) is 2. The lowest BCUT2D eigenvalue weighted by Crippen LogP contribution is -2.35. The maximum atomic E-state index is 12.2. The second kappa shape index (κ2) is 7.77. The molecule has 0 aliphatic carbocycles. The molecule has 1 amide bonds. The van der Waals surface area contributed by atoms with Crippen molar-refractivity contribution in [1.82, 2.24) is 4.90 Å². The summed E-state index contributed by atoms with van der Waals surface area (Å²) in [6.07, 6.45) is 3.97. The van der Waals surface area contributed by atoms with Gasteiger partial charge >= 0.3 is 0 Å². The topological polar surface area (TPSA) is 40.5 Å². The lowest BCUT2D eigenvalue weighted by molar-refractivity contribution is -0.132. The Labute approximate surface area is 134 Å². The summed E-state index contributed by atoms with van der Waals surface area (Å²) in [7, 11) is 0. The van der Waals surface area contributed by atoms with Crippen LogP contribution in [-0.2, 0) is 17.8 Å². The Balaban J connectivity index is 2.07. The van der Waals surface area contributed by atoms with E-state index in [1.54, 1.807) is 0 Å². The fraction of sp³-hybridized carbons (Fsp3) is 0.632. The SMILES string of the molecule is CCCCC(=O)N1CCc2ccc(C(O)CC(C)C)cc2C1. The van der Waals surface area contributed by atoms with Gasteiger partial charge in [-0.2, -0.15) is 0 Å². The van der Waals surface area contributed by atoms with Crippen LogP contribution < -0.4 is 0 Å². The third-order valence-electron chi connectivity index (χ3n) is 4.42. The van der Waals surface area contributed by atoms with Gasteiger partial charge < -0.3 is 10.0 Å². The number of hydrogen-bond donors (Lipinski definition) is 1. The van der Waals surface area contributed by atoms with Crippen LogP contribution in [0.4, 0.5) is 0 Å². The predicted octanol–water partition coefficient (Wildman–Crippen LogP) is 3.84. The highest BCUT2D eigenvalue weighted by Gasteiger charge is 2.21. The van der Waals surface area contributed by atoms with E-state index >= 15 is 0 Å². The average Bonchev–Trinajstić information content (AvgIpc) is 2.50. The summed E-state index contributed by atoms with van der Waals surface area (Å²) < 4.78 is 0. The van der Waals surface area contributed by atoms with Gasteiger partial charge in [0.2, 0.25) is 5.91 Å². The highest BCUT2D eigenvalue weighted by Crippen LogP contribution is 2.26. The third-order valence-corrected chi connectivity index (χ3v) is 4.42. The summed E-state index contributed by atoms with van der Waals surface area (Å²) in [4.78, 5) is 14.2. The molecule has 1 atom stereocenters. The molecular formula is C19H29NO2. The number of nitrogens with zero attached hydrogens (tertiary/aromatic N) is 1. The van der Waals surface area contributed by atoms with E-state index in [4.69, 9.17) is 0 Å². The van der Waals surface area contributed by atoms with Crippen LogP contribution in [0.1, 0.15) is 69.2 Å². The number of aliphatic hydroxyl groups excluding tert-OH is 1. The van der Waals surface area contributed by atoms with Gasteiger partial charge in [0.1, 0.15) is 0 Å². The number of carbonyl (C=O) groups excluding carboxylic acids is 1. The normalized spacial score (nSPS) is 15.8. The number of amides is 1. The van der Waals surface area contributed by atoms with E-state index < -0.39 is 6.10 Å². The second-order valence-electron chi connectivity index (χ2n) is 6.84. The van der Waals surface area contributed by atoms with Crippen LogP contribution in [0, 0.1) is 5.92 Å². The van der Waals surface area contributed by atoms with E-state index in [9.17, 15) is 9.90 Å². The molecule has 122 valence electrons. The van der Waals surface area contributed by atoms with Gasteiger partial charge in [0.15, 0.2) is 0 Å². The zero-order chi connectivity index (χ0) is 16.1. The van der Waals surface area contributed by atoms with Gasteiger partial charge in [0.05, 0.1) is 6.10 Å². The van der Waals surface area contributed by atoms with E-state index in [-0.39, 0.29) is 5.91 Å². The van der Waals surface area contributed by atoms with Crippen LogP contribution in [0.5, 0.6) is 0 Å². The number of benzene rings is 1. The maximum absolute atomic E-state index is 12.2. The second-order valence-corrected chi connectivity index (χ2v) is 6.84. The van der Waals surface area contributed by atoms with Crippen molar-refractivity contribution in [3.63, 3.8) is 0 Å². The van der Waals surface area contributed by atoms with Crippen molar-refractivity contribution < 1.29 is 9.90 Å². The maximum Gasteiger partial charge on any atom is 0.222 e. The Morgan fingerprint density at radius 3 is 2.77 bits per heavy atom. The average molecular weight is 303 g/mol. The van der Waals surface area contributed by atoms with E-state index in [1.807, 2.05) is 11.0 Å². The quantitative estimate of drug-likeness (QED) is 0.867. The summed E-state index contributed by atoms with van der Waals surface area (Å²) >= 11 is 0. The number of fused-ring (bicyclic) bond motifs is 1. The zero-order valence-electron chi connectivity index (χ0n) is 14.1. The van der Waals surface area contributed by atoms with Crippen LogP contribution in [0.15, 0.2) is 18.2 Å². The minimum atomic E-state index is -0.406. The molecule has 1 aromatic rings. The molecule has 1 N–H and O–H groups in total. The molecule has 1 aliphatic heterocycles. The molecule has 1 heterocycles. The first kappa shape index (κ1) is 17.0. The molecule has 1 aromatic carbocycles. The molecule has 0 radical (unpaired) electrons. The van der Waals surface area contributed by atoms with Crippen molar-refractivity contribution >= 4 is 5.91 Å². The highest BCUT2D eigenvalue weighted by atomic mass is 16.3. The molecule has 3 nitrogen and oxygen atoms in total. The number of rotatable bonds is 6. The van der Waals surface area contributed by atoms with Gasteiger partial charge in [0.25, 0.3) is 0 Å². The number of aliphatic hydroxyl groups is 1. The molecule has 2 rings (SSSR count). The van der Waals surface area contributed by atoms with E-state index in [0.717, 1.165) is 37.8 Å². The summed E-state index contributed by atoms with van der Waals surface area (Å²) in [5.41, 5.74) is 3.51. The summed E-state index contributed by atoms with van der Waals surface area (Å²) in [5.74, 6) is 0.735. The van der Waals surface area contributed by atoms with Crippen LogP contribution in [0.3, 0.4) is 0 Å². The van der Waals surface area contributed by atoms with E-state index in [1.165, 1.54) is 11.1 Å². The van der Waals surface area contributed by atoms with Crippen LogP contribution >= 0.6 is 0 Å². The number of unbranched alkanes of at least 4 members (excludes halogenated alkanes) is 1. The van der Waals surface area contributed by atoms with Gasteiger partial charge in [-0.15, -0.1) is 0 Å². The number of carbonyl (C=O) groups is 1. The fourth-order valence-electron chi connectivity index (χ4n) is 3.07.